The summed E-state index contributed by atoms with van der Waals surface area (Å²) in [5.74, 6) is 0.173. The van der Waals surface area contributed by atoms with Gasteiger partial charge in [0.05, 0.1) is 5.41 Å². The Balaban J connectivity index is 5.08. The summed E-state index contributed by atoms with van der Waals surface area (Å²) in [5.41, 5.74) is -0.599. The molecule has 2 unspecified atom stereocenters. The summed E-state index contributed by atoms with van der Waals surface area (Å²) in [6.07, 6.45) is 34.7. The molecule has 0 fully saturated rings. The van der Waals surface area contributed by atoms with Crippen molar-refractivity contribution in [2.75, 3.05) is 0 Å². The van der Waals surface area contributed by atoms with Gasteiger partial charge in [-0.2, -0.15) is 0 Å². The zero-order chi connectivity index (χ0) is 35.7. The molecule has 284 valence electrons. The maximum absolute atomic E-state index is 13.4. The summed E-state index contributed by atoms with van der Waals surface area (Å²) in [7, 11) is 0. The first-order chi connectivity index (χ1) is 23.2. The van der Waals surface area contributed by atoms with E-state index in [-0.39, 0.29) is 6.42 Å². The van der Waals surface area contributed by atoms with Gasteiger partial charge in [0.15, 0.2) is 0 Å². The monoisotopic (exact) mass is 679 g/mol. The smallest absolute Gasteiger partial charge is 0.309 e. The van der Waals surface area contributed by atoms with Crippen LogP contribution in [0.4, 0.5) is 0 Å². The average Bonchev–Trinajstić information content (AvgIpc) is 3.06. The number of aliphatic carboxylic acids is 2. The van der Waals surface area contributed by atoms with Crippen molar-refractivity contribution in [3.63, 3.8) is 0 Å². The van der Waals surface area contributed by atoms with Gasteiger partial charge >= 0.3 is 11.9 Å². The molecule has 0 aliphatic rings. The second kappa shape index (κ2) is 32.8. The SMILES string of the molecule is CCCCCCC(CCCC)CC(CCCCCCCC(=O)CCCCCCCCC(=O)O)(CC(CCCC)CCCCCC)C(=O)O. The summed E-state index contributed by atoms with van der Waals surface area (Å²) in [6, 6.07) is 0. The molecule has 0 aliphatic carbocycles. The minimum absolute atomic E-state index is 0.260. The minimum atomic E-state index is -0.715. The van der Waals surface area contributed by atoms with Crippen LogP contribution in [0.1, 0.15) is 240 Å². The number of carboxylic acid groups (broad SMARTS) is 2. The largest absolute Gasteiger partial charge is 0.481 e. The van der Waals surface area contributed by atoms with E-state index in [1.54, 1.807) is 0 Å². The standard InChI is InChI=1S/C43H82O5/c1-5-9-13-22-30-38(28-11-7-3)36-43(42(47)48,37-39(29-12-8-4)31-23-14-10-6-2)35-27-21-17-19-25-33-40(44)32-24-18-15-16-20-26-34-41(45)46/h38-39H,5-37H2,1-4H3,(H,45,46)(H,47,48). The van der Waals surface area contributed by atoms with Crippen LogP contribution >= 0.6 is 0 Å². The van der Waals surface area contributed by atoms with E-state index >= 15 is 0 Å². The summed E-state index contributed by atoms with van der Waals surface area (Å²) in [5, 5.41) is 19.7. The van der Waals surface area contributed by atoms with Crippen molar-refractivity contribution >= 4 is 17.7 Å². The maximum Gasteiger partial charge on any atom is 0.309 e. The van der Waals surface area contributed by atoms with E-state index in [1.807, 2.05) is 0 Å². The van der Waals surface area contributed by atoms with Gasteiger partial charge in [-0.25, -0.2) is 0 Å². The Morgan fingerprint density at radius 3 is 1.19 bits per heavy atom. The predicted octanol–water partition coefficient (Wildman–Crippen LogP) is 13.9. The first kappa shape index (κ1) is 46.6. The highest BCUT2D eigenvalue weighted by Gasteiger charge is 2.41. The van der Waals surface area contributed by atoms with E-state index in [0.717, 1.165) is 89.9 Å². The first-order valence-electron chi connectivity index (χ1n) is 21.2. The Morgan fingerprint density at radius 1 is 0.438 bits per heavy atom. The number of hydrogen-bond acceptors (Lipinski definition) is 3. The highest BCUT2D eigenvalue weighted by atomic mass is 16.4. The van der Waals surface area contributed by atoms with E-state index < -0.39 is 17.4 Å². The molecule has 48 heavy (non-hydrogen) atoms. The van der Waals surface area contributed by atoms with E-state index in [1.165, 1.54) is 103 Å². The van der Waals surface area contributed by atoms with Gasteiger partial charge in [0, 0.05) is 19.3 Å². The molecule has 5 heteroatoms. The van der Waals surface area contributed by atoms with Gasteiger partial charge in [0.2, 0.25) is 0 Å². The van der Waals surface area contributed by atoms with Gasteiger partial charge in [-0.05, 0) is 50.4 Å². The fraction of sp³-hybridized carbons (Fsp3) is 0.930. The zero-order valence-corrected chi connectivity index (χ0v) is 32.6. The molecule has 2 N–H and O–H groups in total. The third-order valence-corrected chi connectivity index (χ3v) is 10.9. The number of hydrogen-bond donors (Lipinski definition) is 2. The number of carbonyl (C=O) groups excluding carboxylic acids is 1. The highest BCUT2D eigenvalue weighted by molar-refractivity contribution is 5.78. The van der Waals surface area contributed by atoms with E-state index in [2.05, 4.69) is 27.7 Å². The number of rotatable bonds is 38. The van der Waals surface area contributed by atoms with Crippen molar-refractivity contribution in [2.45, 2.75) is 240 Å². The lowest BCUT2D eigenvalue weighted by molar-refractivity contribution is -0.152. The van der Waals surface area contributed by atoms with Gasteiger partial charge in [-0.1, -0.05) is 182 Å². The third-order valence-electron chi connectivity index (χ3n) is 10.9. The lowest BCUT2D eigenvalue weighted by Gasteiger charge is -2.37. The fourth-order valence-corrected chi connectivity index (χ4v) is 7.82. The summed E-state index contributed by atoms with van der Waals surface area (Å²) >= 11 is 0. The number of Topliss-reactive ketones (excluding diaryl/α,β-unsaturated/α-hetero) is 1. The molecule has 0 spiro atoms. The Hall–Kier alpha value is -1.39. The topological polar surface area (TPSA) is 91.7 Å². The van der Waals surface area contributed by atoms with Gasteiger partial charge in [0.1, 0.15) is 5.78 Å². The second-order valence-electron chi connectivity index (χ2n) is 15.5. The molecule has 0 saturated heterocycles. The minimum Gasteiger partial charge on any atom is -0.481 e. The number of ketones is 1. The Bertz CT molecular complexity index is 736. The molecule has 0 saturated carbocycles. The van der Waals surface area contributed by atoms with Crippen molar-refractivity contribution in [3.8, 4) is 0 Å². The normalized spacial score (nSPS) is 14.1. The van der Waals surface area contributed by atoms with E-state index in [0.29, 0.717) is 30.5 Å². The van der Waals surface area contributed by atoms with Crippen molar-refractivity contribution < 1.29 is 24.6 Å². The molecule has 5 nitrogen and oxygen atoms in total. The molecule has 0 rings (SSSR count). The lowest BCUT2D eigenvalue weighted by atomic mass is 9.67. The molecule has 0 heterocycles. The quantitative estimate of drug-likeness (QED) is 0.0634. The number of carboxylic acids is 2. The third kappa shape index (κ3) is 26.5. The molecule has 0 aromatic rings. The van der Waals surface area contributed by atoms with Crippen molar-refractivity contribution in [2.24, 2.45) is 17.3 Å². The summed E-state index contributed by atoms with van der Waals surface area (Å²) in [6.45, 7) is 9.05. The molecule has 2 atom stereocenters. The van der Waals surface area contributed by atoms with E-state index in [4.69, 9.17) is 5.11 Å². The van der Waals surface area contributed by atoms with Crippen LogP contribution < -0.4 is 0 Å². The van der Waals surface area contributed by atoms with Crippen LogP contribution in [-0.4, -0.2) is 27.9 Å². The van der Waals surface area contributed by atoms with Crippen LogP contribution in [0.3, 0.4) is 0 Å². The number of unbranched alkanes of at least 4 members (excludes halogenated alkanes) is 17. The van der Waals surface area contributed by atoms with Gasteiger partial charge < -0.3 is 10.2 Å². The summed E-state index contributed by atoms with van der Waals surface area (Å²) < 4.78 is 0. The molecule has 0 radical (unpaired) electrons. The zero-order valence-electron chi connectivity index (χ0n) is 32.6. The molecule has 0 bridgehead atoms. The Labute approximate surface area is 298 Å². The fourth-order valence-electron chi connectivity index (χ4n) is 7.82. The molecule has 0 aromatic carbocycles. The highest BCUT2D eigenvalue weighted by Crippen LogP contribution is 2.44. The van der Waals surface area contributed by atoms with Crippen LogP contribution in [-0.2, 0) is 14.4 Å². The Kier molecular flexibility index (Phi) is 31.8. The van der Waals surface area contributed by atoms with Crippen LogP contribution in [0.2, 0.25) is 0 Å². The van der Waals surface area contributed by atoms with Gasteiger partial charge in [0.25, 0.3) is 0 Å². The number of carbonyl (C=O) groups is 3. The average molecular weight is 679 g/mol. The molecular formula is C43H82O5. The lowest BCUT2D eigenvalue weighted by Crippen LogP contribution is -2.36. The maximum atomic E-state index is 13.4. The van der Waals surface area contributed by atoms with Crippen molar-refractivity contribution in [1.82, 2.24) is 0 Å². The van der Waals surface area contributed by atoms with Crippen LogP contribution in [0.5, 0.6) is 0 Å². The molecule has 0 amide bonds. The second-order valence-corrected chi connectivity index (χ2v) is 15.5. The van der Waals surface area contributed by atoms with Crippen molar-refractivity contribution in [3.05, 3.63) is 0 Å². The van der Waals surface area contributed by atoms with Crippen LogP contribution in [0.25, 0.3) is 0 Å². The van der Waals surface area contributed by atoms with Gasteiger partial charge in [-0.15, -0.1) is 0 Å². The van der Waals surface area contributed by atoms with Crippen LogP contribution in [0.15, 0.2) is 0 Å². The van der Waals surface area contributed by atoms with Crippen molar-refractivity contribution in [1.29, 1.82) is 0 Å². The van der Waals surface area contributed by atoms with E-state index in [9.17, 15) is 19.5 Å². The first-order valence-corrected chi connectivity index (χ1v) is 21.2. The molecule has 0 aromatic heterocycles. The molecule has 0 aliphatic heterocycles. The Morgan fingerprint density at radius 2 is 0.792 bits per heavy atom. The predicted molar refractivity (Wildman–Crippen MR) is 205 cm³/mol. The van der Waals surface area contributed by atoms with Crippen LogP contribution in [0, 0.1) is 17.3 Å². The van der Waals surface area contributed by atoms with Gasteiger partial charge in [-0.3, -0.25) is 14.4 Å². The molecular weight excluding hydrogens is 596 g/mol. The summed E-state index contributed by atoms with van der Waals surface area (Å²) in [4.78, 5) is 36.4.